The van der Waals surface area contributed by atoms with E-state index in [1.807, 2.05) is 0 Å². The molecule has 0 radical (unpaired) electrons. The monoisotopic (exact) mass is 518 g/mol. The number of hydrogen-bond acceptors (Lipinski definition) is 6. The fourth-order valence-electron chi connectivity index (χ4n) is 3.33. The van der Waals surface area contributed by atoms with E-state index in [0.29, 0.717) is 17.3 Å². The van der Waals surface area contributed by atoms with Crippen LogP contribution < -0.4 is 10.6 Å². The number of alkyl halides is 3. The summed E-state index contributed by atoms with van der Waals surface area (Å²) in [4.78, 5) is 31.2. The molecule has 2 aromatic carbocycles. The van der Waals surface area contributed by atoms with Gasteiger partial charge in [-0.1, -0.05) is 36.5 Å². The van der Waals surface area contributed by atoms with Crippen LogP contribution in [0.1, 0.15) is 29.3 Å². The summed E-state index contributed by atoms with van der Waals surface area (Å²) in [5, 5.41) is 14.5. The Morgan fingerprint density at radius 3 is 2.39 bits per heavy atom. The van der Waals surface area contributed by atoms with Gasteiger partial charge in [-0.15, -0.1) is 0 Å². The van der Waals surface area contributed by atoms with E-state index in [0.717, 1.165) is 17.4 Å². The van der Waals surface area contributed by atoms with E-state index in [1.165, 1.54) is 24.3 Å². The Balaban J connectivity index is 1.49. The van der Waals surface area contributed by atoms with E-state index in [9.17, 15) is 27.2 Å². The molecule has 0 aliphatic rings. The van der Waals surface area contributed by atoms with E-state index in [1.54, 1.807) is 25.1 Å². The summed E-state index contributed by atoms with van der Waals surface area (Å²) in [5.74, 6) is -2.28. The minimum absolute atomic E-state index is 0.0733. The van der Waals surface area contributed by atoms with Crippen molar-refractivity contribution >= 4 is 44.4 Å². The Morgan fingerprint density at radius 1 is 1.08 bits per heavy atom. The van der Waals surface area contributed by atoms with Gasteiger partial charge in [0.2, 0.25) is 0 Å². The highest BCUT2D eigenvalue weighted by molar-refractivity contribution is 7.22. The largest absolute Gasteiger partial charge is 0.480 e. The van der Waals surface area contributed by atoms with Gasteiger partial charge >= 0.3 is 12.1 Å². The maximum absolute atomic E-state index is 14.8. The molecule has 0 unspecified atom stereocenters. The zero-order chi connectivity index (χ0) is 26.0. The van der Waals surface area contributed by atoms with Crippen LogP contribution in [-0.4, -0.2) is 33.0 Å². The first-order valence-electron chi connectivity index (χ1n) is 10.6. The fraction of sp³-hybridized carbons (Fsp3) is 0.167. The molecule has 0 saturated heterocycles. The van der Waals surface area contributed by atoms with Crippen molar-refractivity contribution in [2.75, 3.05) is 5.32 Å². The zero-order valence-electron chi connectivity index (χ0n) is 18.6. The van der Waals surface area contributed by atoms with Crippen molar-refractivity contribution in [3.63, 3.8) is 0 Å². The Labute approximate surface area is 205 Å². The van der Waals surface area contributed by atoms with Crippen molar-refractivity contribution in [3.05, 3.63) is 71.7 Å². The SMILES string of the molecule is CC[C@H](NC(=O)c1ccc(-c2ccc(Nc3nc4ncc(C(F)(F)F)cc4s3)c(F)c2)cc1)C(=O)O. The normalized spacial score (nSPS) is 12.4. The number of nitrogens with one attached hydrogen (secondary N) is 2. The van der Waals surface area contributed by atoms with Gasteiger partial charge in [0.15, 0.2) is 10.8 Å². The minimum Gasteiger partial charge on any atom is -0.480 e. The number of aromatic nitrogens is 2. The molecule has 12 heteroatoms. The summed E-state index contributed by atoms with van der Waals surface area (Å²) in [5.41, 5.74) is 0.690. The smallest absolute Gasteiger partial charge is 0.417 e. The summed E-state index contributed by atoms with van der Waals surface area (Å²) >= 11 is 0.917. The number of pyridine rings is 1. The predicted octanol–water partition coefficient (Wildman–Crippen LogP) is 5.85. The van der Waals surface area contributed by atoms with Crippen molar-refractivity contribution in [1.82, 2.24) is 15.3 Å². The van der Waals surface area contributed by atoms with E-state index >= 15 is 0 Å². The molecule has 0 aliphatic heterocycles. The lowest BCUT2D eigenvalue weighted by Crippen LogP contribution is -2.40. The van der Waals surface area contributed by atoms with Gasteiger partial charge in [-0.3, -0.25) is 4.79 Å². The second-order valence-electron chi connectivity index (χ2n) is 7.73. The number of carbonyl (C=O) groups excluding carboxylic acids is 1. The number of halogens is 4. The van der Waals surface area contributed by atoms with Crippen LogP contribution in [0.2, 0.25) is 0 Å². The van der Waals surface area contributed by atoms with Crippen LogP contribution in [0.3, 0.4) is 0 Å². The number of rotatable bonds is 7. The summed E-state index contributed by atoms with van der Waals surface area (Å²) in [7, 11) is 0. The van der Waals surface area contributed by atoms with Crippen molar-refractivity contribution in [3.8, 4) is 11.1 Å². The molecule has 0 fully saturated rings. The number of amides is 1. The number of hydrogen-bond donors (Lipinski definition) is 3. The van der Waals surface area contributed by atoms with E-state index < -0.39 is 35.5 Å². The zero-order valence-corrected chi connectivity index (χ0v) is 19.4. The lowest BCUT2D eigenvalue weighted by molar-refractivity contribution is -0.139. The van der Waals surface area contributed by atoms with Crippen LogP contribution in [0.5, 0.6) is 0 Å². The molecular formula is C24H18F4N4O3S. The highest BCUT2D eigenvalue weighted by Gasteiger charge is 2.31. The molecule has 0 aliphatic carbocycles. The first-order valence-corrected chi connectivity index (χ1v) is 11.4. The first kappa shape index (κ1) is 25.0. The molecule has 2 heterocycles. The lowest BCUT2D eigenvalue weighted by atomic mass is 10.0. The standard InChI is InChI=1S/C24H18F4N4O3S/c1-2-17(22(34)35)30-21(33)13-5-3-12(4-6-13)14-7-8-18(16(25)9-14)31-23-32-20-19(36-23)10-15(11-29-20)24(26,27)28/h3-11,17H,2H2,1H3,(H,30,33)(H,34,35)(H,29,31,32)/t17-/m0/s1. The van der Waals surface area contributed by atoms with Crippen LogP contribution in [-0.2, 0) is 11.0 Å². The number of carbonyl (C=O) groups is 2. The van der Waals surface area contributed by atoms with Gasteiger partial charge in [0.1, 0.15) is 11.9 Å². The molecule has 0 spiro atoms. The van der Waals surface area contributed by atoms with Gasteiger partial charge in [-0.2, -0.15) is 18.2 Å². The fourth-order valence-corrected chi connectivity index (χ4v) is 4.21. The van der Waals surface area contributed by atoms with Crippen LogP contribution in [0.4, 0.5) is 28.4 Å². The molecule has 7 nitrogen and oxygen atoms in total. The molecule has 36 heavy (non-hydrogen) atoms. The minimum atomic E-state index is -4.53. The van der Waals surface area contributed by atoms with Crippen LogP contribution in [0.15, 0.2) is 54.7 Å². The van der Waals surface area contributed by atoms with Gasteiger partial charge in [-0.05, 0) is 47.9 Å². The third-order valence-corrected chi connectivity index (χ3v) is 6.18. The Hall–Kier alpha value is -4.06. The van der Waals surface area contributed by atoms with Crippen LogP contribution >= 0.6 is 11.3 Å². The number of aliphatic carboxylic acids is 1. The third kappa shape index (κ3) is 5.43. The Morgan fingerprint density at radius 2 is 1.78 bits per heavy atom. The molecule has 2 aromatic heterocycles. The lowest BCUT2D eigenvalue weighted by Gasteiger charge is -2.12. The number of fused-ring (bicyclic) bond motifs is 1. The van der Waals surface area contributed by atoms with Gasteiger partial charge in [0, 0.05) is 11.8 Å². The summed E-state index contributed by atoms with van der Waals surface area (Å²) in [6.07, 6.45) is -3.59. The molecule has 1 amide bonds. The number of anilines is 2. The number of carboxylic acid groups (broad SMARTS) is 1. The summed E-state index contributed by atoms with van der Waals surface area (Å²) < 4.78 is 53.7. The molecule has 4 rings (SSSR count). The topological polar surface area (TPSA) is 104 Å². The van der Waals surface area contributed by atoms with E-state index in [4.69, 9.17) is 5.11 Å². The van der Waals surface area contributed by atoms with Crippen molar-refractivity contribution in [1.29, 1.82) is 0 Å². The summed E-state index contributed by atoms with van der Waals surface area (Å²) in [6, 6.07) is 10.5. The highest BCUT2D eigenvalue weighted by Crippen LogP contribution is 2.34. The molecule has 0 bridgehead atoms. The van der Waals surface area contributed by atoms with Crippen LogP contribution in [0, 0.1) is 5.82 Å². The number of carboxylic acids is 1. The quantitative estimate of drug-likeness (QED) is 0.265. The third-order valence-electron chi connectivity index (χ3n) is 5.28. The first-order chi connectivity index (χ1) is 17.0. The maximum atomic E-state index is 14.8. The van der Waals surface area contributed by atoms with E-state index in [-0.39, 0.29) is 33.2 Å². The second-order valence-corrected chi connectivity index (χ2v) is 8.76. The van der Waals surface area contributed by atoms with Crippen molar-refractivity contribution in [2.45, 2.75) is 25.6 Å². The Bertz CT molecular complexity index is 1440. The molecule has 0 saturated carbocycles. The maximum Gasteiger partial charge on any atom is 0.417 e. The van der Waals surface area contributed by atoms with Crippen molar-refractivity contribution in [2.24, 2.45) is 0 Å². The average molecular weight is 518 g/mol. The number of benzene rings is 2. The van der Waals surface area contributed by atoms with E-state index in [2.05, 4.69) is 20.6 Å². The summed E-state index contributed by atoms with van der Waals surface area (Å²) in [6.45, 7) is 1.65. The molecule has 1 atom stereocenters. The van der Waals surface area contributed by atoms with Gasteiger partial charge in [0.05, 0.1) is 16.0 Å². The van der Waals surface area contributed by atoms with Gasteiger partial charge in [-0.25, -0.2) is 14.2 Å². The molecule has 4 aromatic rings. The molecular weight excluding hydrogens is 500 g/mol. The van der Waals surface area contributed by atoms with Gasteiger partial charge in [0.25, 0.3) is 5.91 Å². The highest BCUT2D eigenvalue weighted by atomic mass is 32.1. The van der Waals surface area contributed by atoms with Crippen molar-refractivity contribution < 1.29 is 32.3 Å². The average Bonchev–Trinajstić information content (AvgIpc) is 3.24. The number of nitrogens with zero attached hydrogens (tertiary/aromatic N) is 2. The Kier molecular flexibility index (Phi) is 6.88. The molecule has 3 N–H and O–H groups in total. The predicted molar refractivity (Wildman–Crippen MR) is 127 cm³/mol. The second kappa shape index (κ2) is 9.90. The van der Waals surface area contributed by atoms with Crippen LogP contribution in [0.25, 0.3) is 21.5 Å². The number of thiazole rings is 1. The molecule has 186 valence electrons. The van der Waals surface area contributed by atoms with Gasteiger partial charge < -0.3 is 15.7 Å².